The van der Waals surface area contributed by atoms with Gasteiger partial charge >= 0.3 is 0 Å². The molecule has 0 spiro atoms. The summed E-state index contributed by atoms with van der Waals surface area (Å²) in [6, 6.07) is 12.0. The predicted molar refractivity (Wildman–Crippen MR) is 82.0 cm³/mol. The summed E-state index contributed by atoms with van der Waals surface area (Å²) in [6.07, 6.45) is 1.89. The van der Waals surface area contributed by atoms with Gasteiger partial charge in [0.15, 0.2) is 0 Å². The second kappa shape index (κ2) is 5.50. The fourth-order valence-corrected chi connectivity index (χ4v) is 2.90. The summed E-state index contributed by atoms with van der Waals surface area (Å²) < 4.78 is 6.03. The second-order valence-electron chi connectivity index (χ2n) is 4.96. The van der Waals surface area contributed by atoms with Gasteiger partial charge in [0.05, 0.1) is 0 Å². The Morgan fingerprint density at radius 1 is 1.11 bits per heavy atom. The van der Waals surface area contributed by atoms with Crippen LogP contribution in [0.4, 0.5) is 5.69 Å². The highest BCUT2D eigenvalue weighted by atomic mass is 32.1. The first kappa shape index (κ1) is 13.0. The molecular weight excluding hydrogens is 258 g/mol. The SMILES string of the molecule is C[Si](C)(C)Oc1ccccc1/N=C/c1cccs1. The fraction of sp³-hybridized carbons (Fsp3) is 0.214. The van der Waals surface area contributed by atoms with Gasteiger partial charge in [-0.25, -0.2) is 0 Å². The van der Waals surface area contributed by atoms with Crippen molar-refractivity contribution in [2.24, 2.45) is 4.99 Å². The molecular formula is C14H17NOSSi. The molecule has 0 bridgehead atoms. The van der Waals surface area contributed by atoms with E-state index in [1.807, 2.05) is 41.9 Å². The highest BCUT2D eigenvalue weighted by Crippen LogP contribution is 2.29. The molecule has 1 aromatic carbocycles. The van der Waals surface area contributed by atoms with E-state index in [2.05, 4.69) is 30.7 Å². The van der Waals surface area contributed by atoms with Gasteiger partial charge in [-0.3, -0.25) is 4.99 Å². The zero-order valence-corrected chi connectivity index (χ0v) is 12.7. The molecule has 0 aliphatic carbocycles. The van der Waals surface area contributed by atoms with Gasteiger partial charge in [0, 0.05) is 11.1 Å². The Morgan fingerprint density at radius 3 is 2.56 bits per heavy atom. The van der Waals surface area contributed by atoms with Crippen LogP contribution in [0, 0.1) is 0 Å². The summed E-state index contributed by atoms with van der Waals surface area (Å²) in [6.45, 7) is 6.52. The van der Waals surface area contributed by atoms with Crippen LogP contribution in [0.3, 0.4) is 0 Å². The molecule has 0 aliphatic heterocycles. The van der Waals surface area contributed by atoms with Crippen molar-refractivity contribution < 1.29 is 4.43 Å². The molecule has 2 nitrogen and oxygen atoms in total. The van der Waals surface area contributed by atoms with Crippen molar-refractivity contribution in [1.29, 1.82) is 0 Å². The number of rotatable bonds is 4. The van der Waals surface area contributed by atoms with E-state index >= 15 is 0 Å². The van der Waals surface area contributed by atoms with E-state index in [1.54, 1.807) is 11.3 Å². The van der Waals surface area contributed by atoms with Crippen molar-refractivity contribution in [2.75, 3.05) is 0 Å². The summed E-state index contributed by atoms with van der Waals surface area (Å²) in [7, 11) is -1.60. The minimum Gasteiger partial charge on any atom is -0.543 e. The minimum absolute atomic E-state index is 0.879. The topological polar surface area (TPSA) is 21.6 Å². The van der Waals surface area contributed by atoms with E-state index < -0.39 is 8.32 Å². The Labute approximate surface area is 113 Å². The van der Waals surface area contributed by atoms with Crippen molar-refractivity contribution >= 4 is 31.6 Å². The summed E-state index contributed by atoms with van der Waals surface area (Å²) in [5, 5.41) is 2.05. The van der Waals surface area contributed by atoms with Gasteiger partial charge in [-0.05, 0) is 43.2 Å². The number of hydrogen-bond acceptors (Lipinski definition) is 3. The van der Waals surface area contributed by atoms with Crippen LogP contribution in [0.2, 0.25) is 19.6 Å². The average Bonchev–Trinajstić information content (AvgIpc) is 2.79. The van der Waals surface area contributed by atoms with E-state index in [0.717, 1.165) is 16.3 Å². The smallest absolute Gasteiger partial charge is 0.242 e. The van der Waals surface area contributed by atoms with Crippen molar-refractivity contribution in [2.45, 2.75) is 19.6 Å². The van der Waals surface area contributed by atoms with Gasteiger partial charge < -0.3 is 4.43 Å². The number of hydrogen-bond donors (Lipinski definition) is 0. The maximum atomic E-state index is 6.03. The van der Waals surface area contributed by atoms with Crippen LogP contribution >= 0.6 is 11.3 Å². The Bertz CT molecular complexity index is 529. The zero-order valence-electron chi connectivity index (χ0n) is 10.9. The fourth-order valence-electron chi connectivity index (χ4n) is 1.48. The van der Waals surface area contributed by atoms with E-state index in [4.69, 9.17) is 4.43 Å². The zero-order chi connectivity index (χ0) is 13.0. The molecule has 0 unspecified atom stereocenters. The monoisotopic (exact) mass is 275 g/mol. The van der Waals surface area contributed by atoms with Crippen molar-refractivity contribution in [3.63, 3.8) is 0 Å². The molecule has 1 aromatic heterocycles. The van der Waals surface area contributed by atoms with Crippen LogP contribution in [0.5, 0.6) is 5.75 Å². The van der Waals surface area contributed by atoms with Crippen LogP contribution in [0.25, 0.3) is 0 Å². The van der Waals surface area contributed by atoms with Crippen LogP contribution < -0.4 is 4.43 Å². The summed E-state index contributed by atoms with van der Waals surface area (Å²) >= 11 is 1.68. The molecule has 0 aliphatic rings. The lowest BCUT2D eigenvalue weighted by Crippen LogP contribution is -2.29. The normalized spacial score (nSPS) is 11.9. The molecule has 4 heteroatoms. The highest BCUT2D eigenvalue weighted by molar-refractivity contribution is 7.11. The first-order chi connectivity index (χ1) is 8.54. The maximum Gasteiger partial charge on any atom is 0.242 e. The van der Waals surface area contributed by atoms with Crippen molar-refractivity contribution in [3.8, 4) is 5.75 Å². The van der Waals surface area contributed by atoms with Crippen molar-refractivity contribution in [3.05, 3.63) is 46.7 Å². The number of nitrogens with zero attached hydrogens (tertiary/aromatic N) is 1. The van der Waals surface area contributed by atoms with Gasteiger partial charge in [0.1, 0.15) is 11.4 Å². The third-order valence-corrected chi connectivity index (χ3v) is 3.79. The van der Waals surface area contributed by atoms with E-state index in [1.165, 1.54) is 0 Å². The molecule has 0 N–H and O–H groups in total. The molecule has 2 rings (SSSR count). The third-order valence-electron chi connectivity index (χ3n) is 2.16. The average molecular weight is 275 g/mol. The highest BCUT2D eigenvalue weighted by Gasteiger charge is 2.17. The Hall–Kier alpha value is -1.39. The molecule has 0 atom stereocenters. The summed E-state index contributed by atoms with van der Waals surface area (Å²) in [5.74, 6) is 0.879. The van der Waals surface area contributed by atoms with Gasteiger partial charge in [-0.15, -0.1) is 11.3 Å². The van der Waals surface area contributed by atoms with Gasteiger partial charge in [-0.1, -0.05) is 18.2 Å². The molecule has 0 amide bonds. The maximum absolute atomic E-state index is 6.03. The molecule has 2 aromatic rings. The van der Waals surface area contributed by atoms with E-state index in [-0.39, 0.29) is 0 Å². The molecule has 0 radical (unpaired) electrons. The molecule has 1 heterocycles. The van der Waals surface area contributed by atoms with Gasteiger partial charge in [0.2, 0.25) is 8.32 Å². The van der Waals surface area contributed by atoms with Crippen LogP contribution in [0.15, 0.2) is 46.8 Å². The second-order valence-corrected chi connectivity index (χ2v) is 10.4. The predicted octanol–water partition coefficient (Wildman–Crippen LogP) is 4.71. The van der Waals surface area contributed by atoms with Gasteiger partial charge in [0.25, 0.3) is 0 Å². The minimum atomic E-state index is -1.60. The molecule has 0 saturated carbocycles. The van der Waals surface area contributed by atoms with Crippen LogP contribution in [0.1, 0.15) is 4.88 Å². The Kier molecular flexibility index (Phi) is 3.99. The lowest BCUT2D eigenvalue weighted by molar-refractivity contribution is 0.559. The Balaban J connectivity index is 2.22. The molecule has 18 heavy (non-hydrogen) atoms. The van der Waals surface area contributed by atoms with E-state index in [9.17, 15) is 0 Å². The van der Waals surface area contributed by atoms with Crippen LogP contribution in [-0.4, -0.2) is 14.5 Å². The number of benzene rings is 1. The molecule has 0 saturated heterocycles. The largest absolute Gasteiger partial charge is 0.543 e. The lowest BCUT2D eigenvalue weighted by atomic mass is 10.3. The first-order valence-electron chi connectivity index (χ1n) is 5.90. The standard InChI is InChI=1S/C14H17NOSSi/c1-18(2,3)16-14-9-5-4-8-13(14)15-11-12-7-6-10-17-12/h4-11H,1-3H3/b15-11+. The van der Waals surface area contributed by atoms with E-state index in [0.29, 0.717) is 0 Å². The van der Waals surface area contributed by atoms with Gasteiger partial charge in [-0.2, -0.15) is 0 Å². The quantitative estimate of drug-likeness (QED) is 0.585. The summed E-state index contributed by atoms with van der Waals surface area (Å²) in [4.78, 5) is 5.67. The number of thiophene rings is 1. The van der Waals surface area contributed by atoms with Crippen LogP contribution in [-0.2, 0) is 0 Å². The molecule has 94 valence electrons. The third kappa shape index (κ3) is 3.82. The lowest BCUT2D eigenvalue weighted by Gasteiger charge is -2.20. The summed E-state index contributed by atoms with van der Waals surface area (Å²) in [5.41, 5.74) is 0.897. The number of para-hydroxylation sites is 2. The Morgan fingerprint density at radius 2 is 1.89 bits per heavy atom. The molecule has 0 fully saturated rings. The number of aliphatic imine (C=N–C) groups is 1. The first-order valence-corrected chi connectivity index (χ1v) is 10.2. The van der Waals surface area contributed by atoms with Crippen molar-refractivity contribution in [1.82, 2.24) is 0 Å².